The highest BCUT2D eigenvalue weighted by Crippen LogP contribution is 2.16. The fraction of sp³-hybridized carbons (Fsp3) is 0.917. The lowest BCUT2D eigenvalue weighted by Crippen LogP contribution is -2.48. The van der Waals surface area contributed by atoms with Crippen LogP contribution >= 0.6 is 0 Å². The third-order valence-corrected chi connectivity index (χ3v) is 3.51. The lowest BCUT2D eigenvalue weighted by molar-refractivity contribution is -0.135. The number of hydrogen-bond donors (Lipinski definition) is 1. The highest BCUT2D eigenvalue weighted by Gasteiger charge is 2.29. The van der Waals surface area contributed by atoms with Crippen molar-refractivity contribution < 1.29 is 9.53 Å². The van der Waals surface area contributed by atoms with Crippen molar-refractivity contribution in [2.45, 2.75) is 44.8 Å². The molecule has 1 N–H and O–H groups in total. The number of carbonyl (C=O) groups is 1. The summed E-state index contributed by atoms with van der Waals surface area (Å²) in [6, 6.07) is 0.0867. The van der Waals surface area contributed by atoms with Crippen molar-refractivity contribution in [1.82, 2.24) is 10.2 Å². The summed E-state index contributed by atoms with van der Waals surface area (Å²) in [6.07, 6.45) is 4.49. The summed E-state index contributed by atoms with van der Waals surface area (Å²) in [7, 11) is 0. The van der Waals surface area contributed by atoms with Gasteiger partial charge in [0.2, 0.25) is 5.91 Å². The van der Waals surface area contributed by atoms with Crippen LogP contribution in [0, 0.1) is 0 Å². The summed E-state index contributed by atoms with van der Waals surface area (Å²) in [5, 5.41) is 3.27. The summed E-state index contributed by atoms with van der Waals surface area (Å²) in [4.78, 5) is 14.1. The van der Waals surface area contributed by atoms with E-state index in [0.717, 1.165) is 51.9 Å². The van der Waals surface area contributed by atoms with E-state index in [1.54, 1.807) is 0 Å². The van der Waals surface area contributed by atoms with Crippen LogP contribution in [0.5, 0.6) is 0 Å². The van der Waals surface area contributed by atoms with E-state index in [4.69, 9.17) is 4.74 Å². The van der Waals surface area contributed by atoms with Crippen LogP contribution in [0.3, 0.4) is 0 Å². The predicted octanol–water partition coefficient (Wildman–Crippen LogP) is 0.766. The number of nitrogens with zero attached hydrogens (tertiary/aromatic N) is 1. The molecule has 16 heavy (non-hydrogen) atoms. The average Bonchev–Trinajstić information content (AvgIpc) is 2.83. The Balaban J connectivity index is 1.77. The first-order valence-corrected chi connectivity index (χ1v) is 6.45. The van der Waals surface area contributed by atoms with E-state index in [0.29, 0.717) is 12.0 Å². The van der Waals surface area contributed by atoms with Crippen LogP contribution in [-0.2, 0) is 9.53 Å². The molecule has 2 heterocycles. The Morgan fingerprint density at radius 2 is 2.12 bits per heavy atom. The maximum absolute atomic E-state index is 12.1. The molecule has 4 heteroatoms. The molecule has 0 aromatic carbocycles. The van der Waals surface area contributed by atoms with Crippen LogP contribution in [0.1, 0.15) is 32.6 Å². The normalized spacial score (nSPS) is 27.3. The average molecular weight is 226 g/mol. The van der Waals surface area contributed by atoms with Crippen molar-refractivity contribution in [3.63, 3.8) is 0 Å². The van der Waals surface area contributed by atoms with E-state index < -0.39 is 0 Å². The number of amides is 1. The molecule has 0 radical (unpaired) electrons. The molecule has 2 aliphatic heterocycles. The second-order valence-electron chi connectivity index (χ2n) is 4.63. The van der Waals surface area contributed by atoms with Crippen LogP contribution < -0.4 is 5.32 Å². The number of nitrogens with one attached hydrogen (secondary N) is 1. The molecule has 2 saturated heterocycles. The summed E-state index contributed by atoms with van der Waals surface area (Å²) in [5.41, 5.74) is 0. The number of likely N-dealkylation sites (tertiary alicyclic amines) is 1. The van der Waals surface area contributed by atoms with Gasteiger partial charge in [-0.25, -0.2) is 0 Å². The molecule has 0 unspecified atom stereocenters. The number of piperidine rings is 1. The Labute approximate surface area is 97.3 Å². The molecule has 0 aromatic rings. The molecule has 0 bridgehead atoms. The molecule has 2 aliphatic rings. The van der Waals surface area contributed by atoms with Gasteiger partial charge >= 0.3 is 0 Å². The monoisotopic (exact) mass is 226 g/mol. The van der Waals surface area contributed by atoms with Gasteiger partial charge in [0.1, 0.15) is 0 Å². The molecule has 0 aliphatic carbocycles. The molecule has 0 aromatic heterocycles. The van der Waals surface area contributed by atoms with Crippen LogP contribution in [0.25, 0.3) is 0 Å². The zero-order valence-corrected chi connectivity index (χ0v) is 10.1. The lowest BCUT2D eigenvalue weighted by atomic mass is 10.1. The molecule has 0 saturated carbocycles. The van der Waals surface area contributed by atoms with Crippen LogP contribution in [0.4, 0.5) is 0 Å². The van der Waals surface area contributed by atoms with Gasteiger partial charge in [0.15, 0.2) is 0 Å². The zero-order chi connectivity index (χ0) is 11.4. The Morgan fingerprint density at radius 3 is 2.69 bits per heavy atom. The largest absolute Gasteiger partial charge is 0.378 e. The summed E-state index contributed by atoms with van der Waals surface area (Å²) < 4.78 is 5.58. The molecule has 1 amide bonds. The van der Waals surface area contributed by atoms with E-state index >= 15 is 0 Å². The van der Waals surface area contributed by atoms with Crippen LogP contribution in [-0.4, -0.2) is 49.2 Å². The zero-order valence-electron chi connectivity index (χ0n) is 10.1. The van der Waals surface area contributed by atoms with Gasteiger partial charge in [-0.3, -0.25) is 4.79 Å². The third-order valence-electron chi connectivity index (χ3n) is 3.51. The smallest absolute Gasteiger partial charge is 0.239 e. The fourth-order valence-corrected chi connectivity index (χ4v) is 2.59. The maximum atomic E-state index is 12.1. The van der Waals surface area contributed by atoms with Crippen molar-refractivity contribution >= 4 is 5.91 Å². The standard InChI is InChI=1S/C12H22N2O2/c1-2-16-10-5-8-14(9-6-10)12(15)11-4-3-7-13-11/h10-11,13H,2-9H2,1H3/t11-/m0/s1. The number of hydrogen-bond acceptors (Lipinski definition) is 3. The minimum Gasteiger partial charge on any atom is -0.378 e. The Kier molecular flexibility index (Phi) is 4.18. The van der Waals surface area contributed by atoms with Crippen molar-refractivity contribution in [3.8, 4) is 0 Å². The summed E-state index contributed by atoms with van der Waals surface area (Å²) in [5.74, 6) is 0.299. The fourth-order valence-electron chi connectivity index (χ4n) is 2.59. The molecular formula is C12H22N2O2. The lowest BCUT2D eigenvalue weighted by Gasteiger charge is -2.33. The summed E-state index contributed by atoms with van der Waals surface area (Å²) in [6.45, 7) is 5.53. The molecule has 2 rings (SSSR count). The Bertz CT molecular complexity index is 231. The Morgan fingerprint density at radius 1 is 1.38 bits per heavy atom. The minimum atomic E-state index is 0.0867. The van der Waals surface area contributed by atoms with Gasteiger partial charge in [-0.05, 0) is 39.2 Å². The van der Waals surface area contributed by atoms with E-state index in [1.807, 2.05) is 11.8 Å². The first-order chi connectivity index (χ1) is 7.81. The van der Waals surface area contributed by atoms with Gasteiger partial charge in [0, 0.05) is 19.7 Å². The van der Waals surface area contributed by atoms with Crippen molar-refractivity contribution in [2.75, 3.05) is 26.2 Å². The first kappa shape index (κ1) is 11.9. The van der Waals surface area contributed by atoms with Crippen molar-refractivity contribution in [2.24, 2.45) is 0 Å². The van der Waals surface area contributed by atoms with Gasteiger partial charge in [-0.15, -0.1) is 0 Å². The molecule has 1 atom stereocenters. The highest BCUT2D eigenvalue weighted by molar-refractivity contribution is 5.82. The van der Waals surface area contributed by atoms with Crippen LogP contribution in [0.2, 0.25) is 0 Å². The minimum absolute atomic E-state index is 0.0867. The quantitative estimate of drug-likeness (QED) is 0.772. The highest BCUT2D eigenvalue weighted by atomic mass is 16.5. The SMILES string of the molecule is CCOC1CCN(C(=O)[C@@H]2CCCN2)CC1. The third kappa shape index (κ3) is 2.74. The van der Waals surface area contributed by atoms with E-state index in [9.17, 15) is 4.79 Å². The van der Waals surface area contributed by atoms with Crippen molar-refractivity contribution in [3.05, 3.63) is 0 Å². The Hall–Kier alpha value is -0.610. The number of rotatable bonds is 3. The van der Waals surface area contributed by atoms with Crippen LogP contribution in [0.15, 0.2) is 0 Å². The maximum Gasteiger partial charge on any atom is 0.239 e. The van der Waals surface area contributed by atoms with Gasteiger partial charge < -0.3 is 15.0 Å². The molecule has 2 fully saturated rings. The van der Waals surface area contributed by atoms with Gasteiger partial charge in [0.05, 0.1) is 12.1 Å². The topological polar surface area (TPSA) is 41.6 Å². The second kappa shape index (κ2) is 5.64. The summed E-state index contributed by atoms with van der Waals surface area (Å²) >= 11 is 0. The molecule has 4 nitrogen and oxygen atoms in total. The van der Waals surface area contributed by atoms with Gasteiger partial charge in [0.25, 0.3) is 0 Å². The van der Waals surface area contributed by atoms with Gasteiger partial charge in [-0.1, -0.05) is 0 Å². The number of carbonyl (C=O) groups excluding carboxylic acids is 1. The number of ether oxygens (including phenoxy) is 1. The second-order valence-corrected chi connectivity index (χ2v) is 4.63. The van der Waals surface area contributed by atoms with E-state index in [1.165, 1.54) is 0 Å². The molecular weight excluding hydrogens is 204 g/mol. The van der Waals surface area contributed by atoms with Crippen molar-refractivity contribution in [1.29, 1.82) is 0 Å². The van der Waals surface area contributed by atoms with E-state index in [-0.39, 0.29) is 6.04 Å². The molecule has 92 valence electrons. The first-order valence-electron chi connectivity index (χ1n) is 6.45. The predicted molar refractivity (Wildman–Crippen MR) is 62.3 cm³/mol. The van der Waals surface area contributed by atoms with E-state index in [2.05, 4.69) is 5.32 Å². The van der Waals surface area contributed by atoms with Gasteiger partial charge in [-0.2, -0.15) is 0 Å². The molecule has 0 spiro atoms.